The molecule has 0 fully saturated rings. The van der Waals surface area contributed by atoms with Crippen LogP contribution in [0, 0.1) is 0 Å². The minimum Gasteiger partial charge on any atom is -0.497 e. The van der Waals surface area contributed by atoms with Crippen molar-refractivity contribution < 1.29 is 33.2 Å². The minimum atomic E-state index is 0.572. The van der Waals surface area contributed by atoms with Crippen LogP contribution < -0.4 is 33.2 Å². The van der Waals surface area contributed by atoms with Crippen LogP contribution in [0.3, 0.4) is 0 Å². The van der Waals surface area contributed by atoms with Crippen molar-refractivity contribution in [3.63, 3.8) is 0 Å². The maximum absolute atomic E-state index is 6.45. The quantitative estimate of drug-likeness (QED) is 0.164. The Bertz CT molecular complexity index is 1430. The number of aryl methyl sites for hydroxylation is 4. The molecule has 4 rings (SSSR count). The average molecular weight is 559 g/mol. The molecule has 0 saturated carbocycles. The zero-order valence-corrected chi connectivity index (χ0v) is 24.6. The van der Waals surface area contributed by atoms with E-state index < -0.39 is 0 Å². The van der Waals surface area contributed by atoms with Crippen LogP contribution in [0.1, 0.15) is 22.3 Å². The van der Waals surface area contributed by atoms with Crippen LogP contribution >= 0.6 is 0 Å². The van der Waals surface area contributed by atoms with Gasteiger partial charge < -0.3 is 33.2 Å². The number of methoxy groups -OCH3 is 6. The summed E-state index contributed by atoms with van der Waals surface area (Å²) < 4.78 is 39.7. The molecular formula is C34H38O7. The first-order chi connectivity index (χ1) is 20.0. The molecule has 0 aromatic heterocycles. The fourth-order valence-corrected chi connectivity index (χ4v) is 4.69. The molecule has 0 bridgehead atoms. The van der Waals surface area contributed by atoms with Crippen molar-refractivity contribution in [2.45, 2.75) is 25.7 Å². The summed E-state index contributed by atoms with van der Waals surface area (Å²) in [6.07, 6.45) is 3.16. The topological polar surface area (TPSA) is 64.6 Å². The Morgan fingerprint density at radius 1 is 0.390 bits per heavy atom. The Morgan fingerprint density at radius 3 is 1.63 bits per heavy atom. The summed E-state index contributed by atoms with van der Waals surface area (Å²) in [5, 5.41) is 0. The van der Waals surface area contributed by atoms with Crippen LogP contribution in [-0.2, 0) is 25.7 Å². The summed E-state index contributed by atoms with van der Waals surface area (Å²) >= 11 is 0. The predicted molar refractivity (Wildman–Crippen MR) is 160 cm³/mol. The Balaban J connectivity index is 1.57. The van der Waals surface area contributed by atoms with E-state index in [1.54, 1.807) is 42.7 Å². The molecule has 216 valence electrons. The normalized spacial score (nSPS) is 10.6. The molecule has 41 heavy (non-hydrogen) atoms. The lowest BCUT2D eigenvalue weighted by molar-refractivity contribution is 0.350. The highest BCUT2D eigenvalue weighted by molar-refractivity contribution is 5.54. The average Bonchev–Trinajstić information content (AvgIpc) is 3.02. The van der Waals surface area contributed by atoms with E-state index in [1.165, 1.54) is 5.56 Å². The maximum atomic E-state index is 6.45. The smallest absolute Gasteiger partial charge is 0.170 e. The summed E-state index contributed by atoms with van der Waals surface area (Å²) in [6, 6.07) is 23.8. The Labute approximate surface area is 242 Å². The Kier molecular flexibility index (Phi) is 10.2. The van der Waals surface area contributed by atoms with Gasteiger partial charge in [0.15, 0.2) is 23.0 Å². The lowest BCUT2D eigenvalue weighted by atomic mass is 10.0. The molecule has 0 saturated heterocycles. The molecule has 7 nitrogen and oxygen atoms in total. The number of hydrogen-bond acceptors (Lipinski definition) is 7. The summed E-state index contributed by atoms with van der Waals surface area (Å²) in [5.41, 5.74) is 4.41. The lowest BCUT2D eigenvalue weighted by Crippen LogP contribution is -2.00. The molecule has 4 aromatic rings. The molecule has 0 aliphatic heterocycles. The van der Waals surface area contributed by atoms with Crippen molar-refractivity contribution in [1.29, 1.82) is 0 Å². The van der Waals surface area contributed by atoms with Crippen LogP contribution in [-0.4, -0.2) is 42.7 Å². The standard InChI is InChI=1S/C34H38O7/c1-35-27-9-7-8-23(16-27)12-14-26-20-34(32(40-6)22-31(26)39-5)41-33-19-24(13-15-30(33)38-4)10-11-25-17-28(36-2)21-29(18-25)37-3/h7-9,13,15-22H,10-12,14H2,1-6H3. The van der Waals surface area contributed by atoms with E-state index in [0.717, 1.165) is 65.4 Å². The third kappa shape index (κ3) is 7.57. The van der Waals surface area contributed by atoms with Gasteiger partial charge in [-0.05, 0) is 90.4 Å². The predicted octanol–water partition coefficient (Wildman–Crippen LogP) is 7.10. The monoisotopic (exact) mass is 558 g/mol. The molecule has 0 amide bonds. The number of hydrogen-bond donors (Lipinski definition) is 0. The molecule has 0 aliphatic carbocycles. The fourth-order valence-electron chi connectivity index (χ4n) is 4.69. The molecule has 4 aromatic carbocycles. The van der Waals surface area contributed by atoms with Crippen molar-refractivity contribution in [2.75, 3.05) is 42.7 Å². The molecule has 0 heterocycles. The Hall–Kier alpha value is -4.52. The second-order valence-corrected chi connectivity index (χ2v) is 9.47. The van der Waals surface area contributed by atoms with Gasteiger partial charge in [-0.1, -0.05) is 18.2 Å². The van der Waals surface area contributed by atoms with E-state index >= 15 is 0 Å². The van der Waals surface area contributed by atoms with E-state index in [4.69, 9.17) is 33.2 Å². The van der Waals surface area contributed by atoms with Gasteiger partial charge in [-0.15, -0.1) is 0 Å². The zero-order chi connectivity index (χ0) is 29.2. The lowest BCUT2D eigenvalue weighted by Gasteiger charge is -2.17. The first-order valence-corrected chi connectivity index (χ1v) is 13.4. The van der Waals surface area contributed by atoms with Crippen LogP contribution in [0.5, 0.6) is 46.0 Å². The first-order valence-electron chi connectivity index (χ1n) is 13.4. The number of benzene rings is 4. The van der Waals surface area contributed by atoms with Gasteiger partial charge in [0, 0.05) is 12.1 Å². The second kappa shape index (κ2) is 14.2. The van der Waals surface area contributed by atoms with E-state index in [9.17, 15) is 0 Å². The van der Waals surface area contributed by atoms with Crippen LogP contribution in [0.25, 0.3) is 0 Å². The third-order valence-corrected chi connectivity index (χ3v) is 6.95. The molecular weight excluding hydrogens is 520 g/mol. The molecule has 0 radical (unpaired) electrons. The van der Waals surface area contributed by atoms with Crippen molar-refractivity contribution in [1.82, 2.24) is 0 Å². The highest BCUT2D eigenvalue weighted by Crippen LogP contribution is 2.41. The van der Waals surface area contributed by atoms with Crippen molar-refractivity contribution in [3.8, 4) is 46.0 Å². The van der Waals surface area contributed by atoms with Gasteiger partial charge in [0.1, 0.15) is 23.0 Å². The molecule has 0 unspecified atom stereocenters. The largest absolute Gasteiger partial charge is 0.497 e. The van der Waals surface area contributed by atoms with Gasteiger partial charge in [0.2, 0.25) is 0 Å². The van der Waals surface area contributed by atoms with Crippen LogP contribution in [0.15, 0.2) is 72.8 Å². The van der Waals surface area contributed by atoms with Gasteiger partial charge in [-0.2, -0.15) is 0 Å². The van der Waals surface area contributed by atoms with Gasteiger partial charge >= 0.3 is 0 Å². The maximum Gasteiger partial charge on any atom is 0.170 e. The third-order valence-electron chi connectivity index (χ3n) is 6.95. The van der Waals surface area contributed by atoms with Crippen molar-refractivity contribution >= 4 is 0 Å². The number of ether oxygens (including phenoxy) is 7. The van der Waals surface area contributed by atoms with E-state index in [2.05, 4.69) is 6.07 Å². The molecule has 0 spiro atoms. The van der Waals surface area contributed by atoms with E-state index in [1.807, 2.05) is 66.7 Å². The zero-order valence-electron chi connectivity index (χ0n) is 24.6. The number of rotatable bonds is 14. The van der Waals surface area contributed by atoms with Crippen molar-refractivity contribution in [3.05, 3.63) is 95.1 Å². The first kappa shape index (κ1) is 29.5. The summed E-state index contributed by atoms with van der Waals surface area (Å²) in [5.74, 6) is 5.52. The summed E-state index contributed by atoms with van der Waals surface area (Å²) in [4.78, 5) is 0. The van der Waals surface area contributed by atoms with Crippen LogP contribution in [0.4, 0.5) is 0 Å². The van der Waals surface area contributed by atoms with Crippen LogP contribution in [0.2, 0.25) is 0 Å². The second-order valence-electron chi connectivity index (χ2n) is 9.47. The highest BCUT2D eigenvalue weighted by Gasteiger charge is 2.16. The SMILES string of the molecule is COc1cccc(CCc2cc(Oc3cc(CCc4cc(OC)cc(OC)c4)ccc3OC)c(OC)cc2OC)c1. The molecule has 0 aliphatic rings. The molecule has 7 heteroatoms. The Morgan fingerprint density at radius 2 is 0.976 bits per heavy atom. The fraction of sp³-hybridized carbons (Fsp3) is 0.294. The highest BCUT2D eigenvalue weighted by atomic mass is 16.5. The van der Waals surface area contributed by atoms with Gasteiger partial charge in [0.05, 0.1) is 42.7 Å². The van der Waals surface area contributed by atoms with Gasteiger partial charge in [0.25, 0.3) is 0 Å². The van der Waals surface area contributed by atoms with Crippen molar-refractivity contribution in [2.24, 2.45) is 0 Å². The van der Waals surface area contributed by atoms with E-state index in [0.29, 0.717) is 23.0 Å². The molecule has 0 atom stereocenters. The summed E-state index contributed by atoms with van der Waals surface area (Å²) in [7, 11) is 9.90. The van der Waals surface area contributed by atoms with E-state index in [-0.39, 0.29) is 0 Å². The van der Waals surface area contributed by atoms with Gasteiger partial charge in [-0.25, -0.2) is 0 Å². The summed E-state index contributed by atoms with van der Waals surface area (Å²) in [6.45, 7) is 0. The van der Waals surface area contributed by atoms with Gasteiger partial charge in [-0.3, -0.25) is 0 Å². The molecule has 0 N–H and O–H groups in total. The minimum absolute atomic E-state index is 0.572.